The minimum Gasteiger partial charge on any atom is -0.497 e. The minimum absolute atomic E-state index is 0.270. The number of ether oxygens (including phenoxy) is 2. The van der Waals surface area contributed by atoms with Gasteiger partial charge in [-0.3, -0.25) is 0 Å². The molecule has 10 nitrogen and oxygen atoms in total. The Hall–Kier alpha value is -5.12. The number of hydrogen-bond acceptors (Lipinski definition) is 10. The second-order valence-electron chi connectivity index (χ2n) is 8.25. The number of nitrogens with one attached hydrogen (secondary N) is 3. The highest BCUT2D eigenvalue weighted by atomic mass is 16.5. The third-order valence-electron chi connectivity index (χ3n) is 5.35. The lowest BCUT2D eigenvalue weighted by molar-refractivity contribution is 0.415. The first-order valence-corrected chi connectivity index (χ1v) is 11.8. The van der Waals surface area contributed by atoms with Crippen molar-refractivity contribution in [2.75, 3.05) is 49.3 Å². The van der Waals surface area contributed by atoms with E-state index in [1.807, 2.05) is 86.9 Å². The maximum atomic E-state index is 5.23. The molecule has 0 unspecified atom stereocenters. The minimum atomic E-state index is 0.270. The Labute approximate surface area is 222 Å². The van der Waals surface area contributed by atoms with Gasteiger partial charge in [0.1, 0.15) is 11.5 Å². The van der Waals surface area contributed by atoms with Crippen LogP contribution in [0, 0.1) is 0 Å². The fourth-order valence-electron chi connectivity index (χ4n) is 3.32. The van der Waals surface area contributed by atoms with Crippen molar-refractivity contribution in [1.29, 1.82) is 0 Å². The lowest BCUT2D eigenvalue weighted by Gasteiger charge is -2.11. The van der Waals surface area contributed by atoms with Crippen LogP contribution in [0.3, 0.4) is 0 Å². The zero-order valence-corrected chi connectivity index (χ0v) is 21.7. The highest BCUT2D eigenvalue weighted by Gasteiger charge is 2.08. The Balaban J connectivity index is 1.49. The normalized spacial score (nSPS) is 10.9. The molecule has 194 valence electrons. The van der Waals surface area contributed by atoms with Gasteiger partial charge in [0.25, 0.3) is 0 Å². The highest BCUT2D eigenvalue weighted by Crippen LogP contribution is 2.22. The molecular weight excluding hydrogens is 480 g/mol. The summed E-state index contributed by atoms with van der Waals surface area (Å²) in [4.78, 5) is 15.4. The lowest BCUT2D eigenvalue weighted by Crippen LogP contribution is -2.07. The van der Waals surface area contributed by atoms with E-state index < -0.39 is 0 Å². The third-order valence-corrected chi connectivity index (χ3v) is 5.35. The number of hydrazone groups is 1. The molecule has 0 bridgehead atoms. The van der Waals surface area contributed by atoms with E-state index in [4.69, 9.17) is 9.47 Å². The number of aromatic nitrogens is 3. The molecule has 0 saturated carbocycles. The van der Waals surface area contributed by atoms with Crippen LogP contribution in [0.2, 0.25) is 0 Å². The van der Waals surface area contributed by atoms with Gasteiger partial charge in [-0.25, -0.2) is 5.43 Å². The summed E-state index contributed by atoms with van der Waals surface area (Å²) in [6.07, 6.45) is 5.44. The first kappa shape index (κ1) is 26.0. The standard InChI is InChI=1S/C28H30N8O2/c1-36(2)23-13-7-20(8-14-23)6-5-19-29-35-28-33-26(30-21-9-15-24(37-3)16-10-21)32-27(34-28)31-22-11-17-25(38-4)18-12-22/h5-19H,1-4H3,(H3,30,31,32,33,34,35)/b6-5+,29-19-. The number of benzene rings is 3. The van der Waals surface area contributed by atoms with E-state index in [1.54, 1.807) is 20.4 Å². The van der Waals surface area contributed by atoms with E-state index in [0.29, 0.717) is 11.9 Å². The fourth-order valence-corrected chi connectivity index (χ4v) is 3.32. The molecule has 0 fully saturated rings. The van der Waals surface area contributed by atoms with Crippen molar-refractivity contribution >= 4 is 47.2 Å². The van der Waals surface area contributed by atoms with E-state index >= 15 is 0 Å². The predicted molar refractivity (Wildman–Crippen MR) is 154 cm³/mol. The molecule has 3 aromatic carbocycles. The topological polar surface area (TPSA) is 109 Å². The van der Waals surface area contributed by atoms with E-state index in [9.17, 15) is 0 Å². The van der Waals surface area contributed by atoms with Crippen LogP contribution in [0.15, 0.2) is 84.0 Å². The molecule has 0 atom stereocenters. The number of hydrogen-bond donors (Lipinski definition) is 3. The summed E-state index contributed by atoms with van der Waals surface area (Å²) >= 11 is 0. The number of allylic oxidation sites excluding steroid dienone is 1. The molecule has 0 spiro atoms. The number of nitrogens with zero attached hydrogens (tertiary/aromatic N) is 5. The van der Waals surface area contributed by atoms with Gasteiger partial charge < -0.3 is 25.0 Å². The molecular formula is C28H30N8O2. The van der Waals surface area contributed by atoms with Gasteiger partial charge in [0.05, 0.1) is 14.2 Å². The molecule has 0 aliphatic rings. The molecule has 0 amide bonds. The Bertz CT molecular complexity index is 1300. The van der Waals surface area contributed by atoms with Crippen molar-refractivity contribution in [3.05, 3.63) is 84.4 Å². The van der Waals surface area contributed by atoms with Crippen LogP contribution in [-0.4, -0.2) is 49.5 Å². The maximum absolute atomic E-state index is 5.23. The van der Waals surface area contributed by atoms with Gasteiger partial charge in [0, 0.05) is 37.4 Å². The van der Waals surface area contributed by atoms with Gasteiger partial charge in [-0.15, -0.1) is 0 Å². The zero-order chi connectivity index (χ0) is 26.7. The second-order valence-corrected chi connectivity index (χ2v) is 8.25. The second kappa shape index (κ2) is 12.7. The number of methoxy groups -OCH3 is 2. The molecule has 4 rings (SSSR count). The third kappa shape index (κ3) is 7.44. The smallest absolute Gasteiger partial charge is 0.250 e. The summed E-state index contributed by atoms with van der Waals surface area (Å²) in [5, 5.41) is 10.6. The van der Waals surface area contributed by atoms with Crippen LogP contribution >= 0.6 is 0 Å². The van der Waals surface area contributed by atoms with Gasteiger partial charge in [0.15, 0.2) is 0 Å². The molecule has 0 radical (unpaired) electrons. The van der Waals surface area contributed by atoms with Crippen molar-refractivity contribution in [2.24, 2.45) is 5.10 Å². The molecule has 1 heterocycles. The summed E-state index contributed by atoms with van der Waals surface area (Å²) in [7, 11) is 7.28. The first-order valence-electron chi connectivity index (χ1n) is 11.8. The van der Waals surface area contributed by atoms with Crippen molar-refractivity contribution in [2.45, 2.75) is 0 Å². The van der Waals surface area contributed by atoms with Crippen LogP contribution in [-0.2, 0) is 0 Å². The predicted octanol–water partition coefficient (Wildman–Crippen LogP) is 5.55. The Kier molecular flexibility index (Phi) is 8.69. The van der Waals surface area contributed by atoms with E-state index in [1.165, 1.54) is 0 Å². The van der Waals surface area contributed by atoms with Crippen LogP contribution in [0.1, 0.15) is 5.56 Å². The molecule has 0 saturated heterocycles. The quantitative estimate of drug-likeness (QED) is 0.177. The van der Waals surface area contributed by atoms with E-state index in [-0.39, 0.29) is 5.95 Å². The van der Waals surface area contributed by atoms with Crippen molar-refractivity contribution in [3.63, 3.8) is 0 Å². The summed E-state index contributed by atoms with van der Waals surface area (Å²) in [5.41, 5.74) is 6.68. The average molecular weight is 511 g/mol. The maximum Gasteiger partial charge on any atom is 0.250 e. The van der Waals surface area contributed by atoms with Gasteiger partial charge in [-0.05, 0) is 72.3 Å². The number of rotatable bonds is 11. The van der Waals surface area contributed by atoms with Crippen LogP contribution in [0.4, 0.5) is 34.9 Å². The van der Waals surface area contributed by atoms with Crippen LogP contribution in [0.5, 0.6) is 11.5 Å². The molecule has 1 aromatic heterocycles. The Morgan fingerprint density at radius 1 is 0.684 bits per heavy atom. The van der Waals surface area contributed by atoms with Gasteiger partial charge in [-0.1, -0.05) is 18.2 Å². The largest absolute Gasteiger partial charge is 0.497 e. The van der Waals surface area contributed by atoms with Gasteiger partial charge >= 0.3 is 0 Å². The number of anilines is 6. The molecule has 38 heavy (non-hydrogen) atoms. The Morgan fingerprint density at radius 3 is 1.66 bits per heavy atom. The highest BCUT2D eigenvalue weighted by molar-refractivity contribution is 5.79. The first-order chi connectivity index (χ1) is 18.5. The van der Waals surface area contributed by atoms with Crippen LogP contribution < -0.4 is 30.4 Å². The van der Waals surface area contributed by atoms with Gasteiger partial charge in [-0.2, -0.15) is 20.1 Å². The van der Waals surface area contributed by atoms with Crippen molar-refractivity contribution < 1.29 is 9.47 Å². The summed E-state index contributed by atoms with van der Waals surface area (Å²) in [6, 6.07) is 23.1. The molecule has 0 aliphatic carbocycles. The lowest BCUT2D eigenvalue weighted by atomic mass is 10.2. The summed E-state index contributed by atoms with van der Waals surface area (Å²) < 4.78 is 10.5. The van der Waals surface area contributed by atoms with Crippen LogP contribution in [0.25, 0.3) is 6.08 Å². The van der Waals surface area contributed by atoms with E-state index in [0.717, 1.165) is 34.1 Å². The average Bonchev–Trinajstić information content (AvgIpc) is 2.94. The van der Waals surface area contributed by atoms with Crippen molar-refractivity contribution in [1.82, 2.24) is 15.0 Å². The monoisotopic (exact) mass is 510 g/mol. The molecule has 3 N–H and O–H groups in total. The SMILES string of the molecule is COc1ccc(Nc2nc(N/N=C\C=C\c3ccc(N(C)C)cc3)nc(Nc3ccc(OC)cc3)n2)cc1. The van der Waals surface area contributed by atoms with Gasteiger partial charge in [0.2, 0.25) is 17.8 Å². The zero-order valence-electron chi connectivity index (χ0n) is 21.7. The van der Waals surface area contributed by atoms with E-state index in [2.05, 4.69) is 53.1 Å². The summed E-state index contributed by atoms with van der Waals surface area (Å²) in [5.74, 6) is 2.47. The Morgan fingerprint density at radius 2 is 1.18 bits per heavy atom. The molecule has 0 aliphatic heterocycles. The van der Waals surface area contributed by atoms with Crippen molar-refractivity contribution in [3.8, 4) is 11.5 Å². The summed E-state index contributed by atoms with van der Waals surface area (Å²) in [6.45, 7) is 0. The fraction of sp³-hybridized carbons (Fsp3) is 0.143. The molecule has 10 heteroatoms. The molecule has 4 aromatic rings.